The van der Waals surface area contributed by atoms with Crippen LogP contribution in [0, 0.1) is 0 Å². The molecule has 2 fully saturated rings. The van der Waals surface area contributed by atoms with Crippen LogP contribution in [0.5, 0.6) is 0 Å². The van der Waals surface area contributed by atoms with Crippen LogP contribution in [0.1, 0.15) is 33.1 Å². The van der Waals surface area contributed by atoms with Crippen molar-refractivity contribution in [1.29, 1.82) is 0 Å². The molecule has 2 rings (SSSR count). The highest BCUT2D eigenvalue weighted by atomic mass is 16.4. The average molecular weight is 323 g/mol. The third-order valence-corrected chi connectivity index (χ3v) is 5.17. The van der Waals surface area contributed by atoms with E-state index in [1.165, 1.54) is 10.5 Å². The molecular weight excluding hydrogens is 294 g/mol. The first-order valence-corrected chi connectivity index (χ1v) is 8.39. The molecule has 0 saturated carbocycles. The molecule has 2 aliphatic rings. The molecule has 0 aromatic rings. The summed E-state index contributed by atoms with van der Waals surface area (Å²) >= 11 is 0. The van der Waals surface area contributed by atoms with Crippen molar-refractivity contribution >= 4 is 11.9 Å². The van der Waals surface area contributed by atoms with Crippen molar-refractivity contribution in [3.8, 4) is 0 Å². The molecule has 2 saturated heterocycles. The average Bonchev–Trinajstić information content (AvgIpc) is 2.63. The van der Waals surface area contributed by atoms with Crippen LogP contribution in [0.25, 0.3) is 0 Å². The zero-order valence-electron chi connectivity index (χ0n) is 14.5. The number of rotatable bonds is 4. The summed E-state index contributed by atoms with van der Waals surface area (Å²) in [7, 11) is 2.13. The van der Waals surface area contributed by atoms with Crippen molar-refractivity contribution in [2.45, 2.75) is 38.6 Å². The number of hydrogen-bond donors (Lipinski definition) is 1. The molecule has 23 heavy (non-hydrogen) atoms. The zero-order valence-corrected chi connectivity index (χ0v) is 14.5. The topological polar surface area (TPSA) is 64.1 Å². The molecule has 1 atom stereocenters. The number of piperazine rings is 1. The van der Waals surface area contributed by atoms with Crippen LogP contribution in [0.3, 0.4) is 0 Å². The van der Waals surface area contributed by atoms with Gasteiger partial charge in [0.25, 0.3) is 0 Å². The van der Waals surface area contributed by atoms with Gasteiger partial charge in [0, 0.05) is 44.7 Å². The lowest BCUT2D eigenvalue weighted by atomic mass is 9.86. The lowest BCUT2D eigenvalue weighted by Crippen LogP contribution is -2.61. The minimum Gasteiger partial charge on any atom is -0.480 e. The molecular formula is C17H29N3O3. The van der Waals surface area contributed by atoms with Crippen LogP contribution in [0.4, 0.5) is 0 Å². The number of carbonyl (C=O) groups excluding carboxylic acids is 1. The molecule has 0 radical (unpaired) electrons. The van der Waals surface area contributed by atoms with Gasteiger partial charge >= 0.3 is 5.97 Å². The molecule has 0 bridgehead atoms. The number of carboxylic acid groups (broad SMARTS) is 1. The van der Waals surface area contributed by atoms with Gasteiger partial charge in [0.2, 0.25) is 5.91 Å². The normalized spacial score (nSPS) is 27.1. The summed E-state index contributed by atoms with van der Waals surface area (Å²) < 4.78 is 0. The number of likely N-dealkylation sites (tertiary alicyclic amines) is 1. The fraction of sp³-hybridized carbons (Fsp3) is 0.765. The predicted octanol–water partition coefficient (Wildman–Crippen LogP) is 1.04. The number of allylic oxidation sites excluding steroid dienone is 1. The van der Waals surface area contributed by atoms with E-state index < -0.39 is 5.97 Å². The number of amides is 1. The minimum atomic E-state index is -0.934. The van der Waals surface area contributed by atoms with E-state index in [0.717, 1.165) is 39.0 Å². The highest BCUT2D eigenvalue weighted by molar-refractivity contribution is 5.81. The molecule has 0 aromatic carbocycles. The maximum Gasteiger partial charge on any atom is 0.323 e. The largest absolute Gasteiger partial charge is 0.480 e. The lowest BCUT2D eigenvalue weighted by Gasteiger charge is -2.49. The second-order valence-electron chi connectivity index (χ2n) is 7.12. The van der Waals surface area contributed by atoms with Crippen molar-refractivity contribution in [2.24, 2.45) is 0 Å². The number of carbonyl (C=O) groups is 2. The smallest absolute Gasteiger partial charge is 0.323 e. The van der Waals surface area contributed by atoms with Gasteiger partial charge in [-0.15, -0.1) is 0 Å². The van der Waals surface area contributed by atoms with E-state index in [2.05, 4.69) is 36.8 Å². The number of likely N-dealkylation sites (N-methyl/N-ethyl adjacent to an activating group) is 1. The molecule has 1 spiro atoms. The highest BCUT2D eigenvalue weighted by Crippen LogP contribution is 2.32. The Hall–Kier alpha value is -1.40. The standard InChI is InChI=1S/C17H29N3O3/c1-14(2)5-8-19-11-10-18(3)17(13-19)6-4-15(21)20(9-7-17)12-16(22)23/h5H,4,6-13H2,1-3H3,(H,22,23)/t17-/m0/s1. The van der Waals surface area contributed by atoms with Gasteiger partial charge in [0.15, 0.2) is 0 Å². The summed E-state index contributed by atoms with van der Waals surface area (Å²) in [5, 5.41) is 8.97. The van der Waals surface area contributed by atoms with Gasteiger partial charge in [-0.25, -0.2) is 0 Å². The van der Waals surface area contributed by atoms with Gasteiger partial charge in [-0.3, -0.25) is 19.4 Å². The van der Waals surface area contributed by atoms with Gasteiger partial charge in [0.1, 0.15) is 6.54 Å². The van der Waals surface area contributed by atoms with Crippen LogP contribution in [0.15, 0.2) is 11.6 Å². The van der Waals surface area contributed by atoms with Crippen molar-refractivity contribution < 1.29 is 14.7 Å². The first-order chi connectivity index (χ1) is 10.8. The van der Waals surface area contributed by atoms with Crippen LogP contribution >= 0.6 is 0 Å². The van der Waals surface area contributed by atoms with E-state index in [1.54, 1.807) is 0 Å². The van der Waals surface area contributed by atoms with Crippen molar-refractivity contribution in [2.75, 3.05) is 46.3 Å². The Bertz CT molecular complexity index is 487. The molecule has 0 unspecified atom stereocenters. The number of nitrogens with zero attached hydrogens (tertiary/aromatic N) is 3. The van der Waals surface area contributed by atoms with Gasteiger partial charge < -0.3 is 10.0 Å². The van der Waals surface area contributed by atoms with E-state index in [9.17, 15) is 9.59 Å². The highest BCUT2D eigenvalue weighted by Gasteiger charge is 2.42. The monoisotopic (exact) mass is 323 g/mol. The number of carboxylic acids is 1. The molecule has 0 aliphatic carbocycles. The van der Waals surface area contributed by atoms with Crippen molar-refractivity contribution in [3.05, 3.63) is 11.6 Å². The van der Waals surface area contributed by atoms with Crippen LogP contribution < -0.4 is 0 Å². The van der Waals surface area contributed by atoms with Crippen molar-refractivity contribution in [1.82, 2.24) is 14.7 Å². The predicted molar refractivity (Wildman–Crippen MR) is 89.3 cm³/mol. The minimum absolute atomic E-state index is 0.0172. The summed E-state index contributed by atoms with van der Waals surface area (Å²) in [6.45, 7) is 8.50. The molecule has 6 heteroatoms. The third kappa shape index (κ3) is 4.54. The molecule has 1 N–H and O–H groups in total. The molecule has 6 nitrogen and oxygen atoms in total. The maximum absolute atomic E-state index is 12.2. The second kappa shape index (κ2) is 7.45. The third-order valence-electron chi connectivity index (χ3n) is 5.17. The Morgan fingerprint density at radius 2 is 2.00 bits per heavy atom. The molecule has 2 aliphatic heterocycles. The van der Waals surface area contributed by atoms with Gasteiger partial charge in [-0.1, -0.05) is 11.6 Å². The Balaban J connectivity index is 2.07. The fourth-order valence-corrected chi connectivity index (χ4v) is 3.57. The summed E-state index contributed by atoms with van der Waals surface area (Å²) in [5.41, 5.74) is 1.30. The Morgan fingerprint density at radius 3 is 2.65 bits per heavy atom. The first-order valence-electron chi connectivity index (χ1n) is 8.39. The summed E-state index contributed by atoms with van der Waals surface area (Å²) in [5.74, 6) is -0.962. The van der Waals surface area contributed by atoms with Gasteiger partial charge in [-0.05, 0) is 33.7 Å². The maximum atomic E-state index is 12.2. The van der Waals surface area contributed by atoms with Gasteiger partial charge in [0.05, 0.1) is 0 Å². The summed E-state index contributed by atoms with van der Waals surface area (Å²) in [6, 6.07) is 0. The SMILES string of the molecule is CC(C)=CCN1CCN(C)[C@]2(CCC(=O)N(CC(=O)O)CC2)C1. The van der Waals surface area contributed by atoms with Crippen LogP contribution in [0.2, 0.25) is 0 Å². The van der Waals surface area contributed by atoms with Crippen LogP contribution in [-0.2, 0) is 9.59 Å². The summed E-state index contributed by atoms with van der Waals surface area (Å²) in [4.78, 5) is 29.5. The molecule has 0 aromatic heterocycles. The number of aliphatic carboxylic acids is 1. The van der Waals surface area contributed by atoms with E-state index in [-0.39, 0.29) is 18.0 Å². The van der Waals surface area contributed by atoms with E-state index in [0.29, 0.717) is 13.0 Å². The van der Waals surface area contributed by atoms with E-state index >= 15 is 0 Å². The fourth-order valence-electron chi connectivity index (χ4n) is 3.57. The molecule has 1 amide bonds. The molecule has 130 valence electrons. The first kappa shape index (κ1) is 17.9. The quantitative estimate of drug-likeness (QED) is 0.783. The van der Waals surface area contributed by atoms with E-state index in [4.69, 9.17) is 5.11 Å². The summed E-state index contributed by atoms with van der Waals surface area (Å²) in [6.07, 6.45) is 4.34. The van der Waals surface area contributed by atoms with Gasteiger partial charge in [-0.2, -0.15) is 0 Å². The zero-order chi connectivity index (χ0) is 17.0. The Morgan fingerprint density at radius 1 is 1.26 bits per heavy atom. The molecule has 2 heterocycles. The van der Waals surface area contributed by atoms with Crippen LogP contribution in [-0.4, -0.2) is 83.5 Å². The lowest BCUT2D eigenvalue weighted by molar-refractivity contribution is -0.144. The Labute approximate surface area is 138 Å². The van der Waals surface area contributed by atoms with Crippen molar-refractivity contribution in [3.63, 3.8) is 0 Å². The number of hydrogen-bond acceptors (Lipinski definition) is 4. The Kier molecular flexibility index (Phi) is 5.81. The second-order valence-corrected chi connectivity index (χ2v) is 7.12. The van der Waals surface area contributed by atoms with E-state index in [1.807, 2.05) is 0 Å².